The number of nitrogens with zero attached hydrogens (tertiary/aromatic N) is 3. The fraction of sp³-hybridized carbons (Fsp3) is 0.444. The predicted octanol–water partition coefficient (Wildman–Crippen LogP) is 4.95. The van der Waals surface area contributed by atoms with E-state index in [0.29, 0.717) is 24.6 Å². The molecule has 6 nitrogen and oxygen atoms in total. The number of amides is 1. The van der Waals surface area contributed by atoms with Crippen molar-refractivity contribution in [2.75, 3.05) is 13.1 Å². The summed E-state index contributed by atoms with van der Waals surface area (Å²) in [5.41, 5.74) is 2.50. The Morgan fingerprint density at radius 1 is 0.939 bits per heavy atom. The van der Waals surface area contributed by atoms with Gasteiger partial charge < -0.3 is 14.1 Å². The predicted molar refractivity (Wildman–Crippen MR) is 127 cm³/mol. The molecule has 4 rings (SSSR count). The van der Waals surface area contributed by atoms with Gasteiger partial charge in [0.2, 0.25) is 17.7 Å². The molecule has 0 atom stereocenters. The lowest BCUT2D eigenvalue weighted by molar-refractivity contribution is -0.133. The number of aromatic nitrogens is 2. The molecule has 1 amide bonds. The van der Waals surface area contributed by atoms with Crippen molar-refractivity contribution in [3.63, 3.8) is 0 Å². The summed E-state index contributed by atoms with van der Waals surface area (Å²) in [5, 5.41) is 8.28. The zero-order valence-electron chi connectivity index (χ0n) is 19.4. The third-order valence-electron chi connectivity index (χ3n) is 6.19. The molecule has 1 aliphatic rings. The van der Waals surface area contributed by atoms with Crippen molar-refractivity contribution in [1.29, 1.82) is 0 Å². The van der Waals surface area contributed by atoms with Gasteiger partial charge in [0, 0.05) is 45.2 Å². The highest BCUT2D eigenvalue weighted by Gasteiger charge is 2.24. The van der Waals surface area contributed by atoms with Gasteiger partial charge in [-0.05, 0) is 43.4 Å². The zero-order valence-corrected chi connectivity index (χ0v) is 19.4. The van der Waals surface area contributed by atoms with Crippen LogP contribution in [0.1, 0.15) is 55.0 Å². The lowest BCUT2D eigenvalue weighted by Gasteiger charge is -2.32. The Bertz CT molecular complexity index is 1010. The molecule has 174 valence electrons. The number of benzene rings is 2. The van der Waals surface area contributed by atoms with Crippen LogP contribution in [0.3, 0.4) is 0 Å². The summed E-state index contributed by atoms with van der Waals surface area (Å²) in [6, 6.07) is 18.6. The van der Waals surface area contributed by atoms with Crippen LogP contribution in [-0.4, -0.2) is 40.2 Å². The summed E-state index contributed by atoms with van der Waals surface area (Å²) in [6.07, 6.45) is 6.70. The van der Waals surface area contributed by atoms with E-state index in [1.54, 1.807) is 0 Å². The molecule has 6 heteroatoms. The molecule has 1 aliphatic heterocycles. The molecule has 0 saturated carbocycles. The van der Waals surface area contributed by atoms with Gasteiger partial charge in [-0.25, -0.2) is 0 Å². The van der Waals surface area contributed by atoms with E-state index in [2.05, 4.69) is 47.5 Å². The molecule has 0 N–H and O–H groups in total. The Morgan fingerprint density at radius 3 is 2.36 bits per heavy atom. The Morgan fingerprint density at radius 2 is 1.61 bits per heavy atom. The highest BCUT2D eigenvalue weighted by atomic mass is 16.5. The van der Waals surface area contributed by atoms with Gasteiger partial charge in [0.15, 0.2) is 0 Å². The number of hydrogen-bond acceptors (Lipinski definition) is 5. The molecule has 0 spiro atoms. The number of carbonyl (C=O) groups excluding carboxylic acids is 1. The second-order valence-electron chi connectivity index (χ2n) is 8.75. The smallest absolute Gasteiger partial charge is 0.223 e. The standard InChI is InChI=1S/C27H33N3O3/c1-21-9-5-7-13-24(21)32-23-17-19-30(20-18-23)27(31)16-15-26-29-28-25(33-26)14-8-6-12-22-10-3-2-4-11-22/h2-5,7,9-11,13,23H,6,8,12,14-20H2,1H3. The quantitative estimate of drug-likeness (QED) is 0.412. The van der Waals surface area contributed by atoms with Gasteiger partial charge in [-0.2, -0.15) is 0 Å². The molecule has 0 bridgehead atoms. The second kappa shape index (κ2) is 11.6. The van der Waals surface area contributed by atoms with E-state index >= 15 is 0 Å². The van der Waals surface area contributed by atoms with Gasteiger partial charge in [0.1, 0.15) is 11.9 Å². The van der Waals surface area contributed by atoms with Gasteiger partial charge in [-0.3, -0.25) is 4.79 Å². The van der Waals surface area contributed by atoms with E-state index < -0.39 is 0 Å². The Labute approximate surface area is 196 Å². The number of aryl methyl sites for hydroxylation is 4. The summed E-state index contributed by atoms with van der Waals surface area (Å²) in [6.45, 7) is 3.51. The summed E-state index contributed by atoms with van der Waals surface area (Å²) >= 11 is 0. The highest BCUT2D eigenvalue weighted by molar-refractivity contribution is 5.76. The lowest BCUT2D eigenvalue weighted by Crippen LogP contribution is -2.41. The molecule has 2 heterocycles. The highest BCUT2D eigenvalue weighted by Crippen LogP contribution is 2.22. The summed E-state index contributed by atoms with van der Waals surface area (Å²) < 4.78 is 11.9. The monoisotopic (exact) mass is 447 g/mol. The number of hydrogen-bond donors (Lipinski definition) is 0. The Balaban J connectivity index is 1.13. The number of unbranched alkanes of at least 4 members (excludes halogenated alkanes) is 1. The van der Waals surface area contributed by atoms with Gasteiger partial charge in [-0.15, -0.1) is 10.2 Å². The van der Waals surface area contributed by atoms with E-state index in [4.69, 9.17) is 9.15 Å². The van der Waals surface area contributed by atoms with Crippen LogP contribution in [0.2, 0.25) is 0 Å². The molecule has 2 aromatic carbocycles. The van der Waals surface area contributed by atoms with Crippen molar-refractivity contribution in [1.82, 2.24) is 15.1 Å². The minimum absolute atomic E-state index is 0.145. The summed E-state index contributed by atoms with van der Waals surface area (Å²) in [5.74, 6) is 2.31. The third kappa shape index (κ3) is 6.91. The maximum absolute atomic E-state index is 12.6. The van der Waals surface area contributed by atoms with Crippen LogP contribution in [0, 0.1) is 6.92 Å². The molecule has 3 aromatic rings. The number of carbonyl (C=O) groups is 1. The number of rotatable bonds is 10. The minimum Gasteiger partial charge on any atom is -0.490 e. The number of para-hydroxylation sites is 1. The molecule has 0 aliphatic carbocycles. The van der Waals surface area contributed by atoms with Gasteiger partial charge in [0.05, 0.1) is 0 Å². The second-order valence-corrected chi connectivity index (χ2v) is 8.75. The lowest BCUT2D eigenvalue weighted by atomic mass is 10.1. The minimum atomic E-state index is 0.145. The van der Waals surface area contributed by atoms with Crippen molar-refractivity contribution >= 4 is 5.91 Å². The topological polar surface area (TPSA) is 68.5 Å². The SMILES string of the molecule is Cc1ccccc1OC1CCN(C(=O)CCc2nnc(CCCCc3ccccc3)o2)CC1. The average Bonchev–Trinajstić information content (AvgIpc) is 3.31. The van der Waals surface area contributed by atoms with Gasteiger partial charge in [-0.1, -0.05) is 48.5 Å². The van der Waals surface area contributed by atoms with Crippen molar-refractivity contribution in [2.45, 2.75) is 64.4 Å². The van der Waals surface area contributed by atoms with E-state index in [-0.39, 0.29) is 12.0 Å². The molecular weight excluding hydrogens is 414 g/mol. The van der Waals surface area contributed by atoms with Crippen molar-refractivity contribution < 1.29 is 13.9 Å². The van der Waals surface area contributed by atoms with Crippen molar-refractivity contribution in [3.05, 3.63) is 77.5 Å². The van der Waals surface area contributed by atoms with Crippen LogP contribution in [0.25, 0.3) is 0 Å². The molecule has 1 aromatic heterocycles. The molecule has 0 radical (unpaired) electrons. The van der Waals surface area contributed by atoms with Gasteiger partial charge in [0.25, 0.3) is 0 Å². The number of piperidine rings is 1. The van der Waals surface area contributed by atoms with Crippen LogP contribution in [-0.2, 0) is 24.1 Å². The van der Waals surface area contributed by atoms with Crippen LogP contribution in [0.4, 0.5) is 0 Å². The first-order valence-electron chi connectivity index (χ1n) is 12.0. The first-order chi connectivity index (χ1) is 16.2. The normalized spacial score (nSPS) is 14.4. The molecule has 0 unspecified atom stereocenters. The van der Waals surface area contributed by atoms with E-state index in [1.807, 2.05) is 29.2 Å². The summed E-state index contributed by atoms with van der Waals surface area (Å²) in [7, 11) is 0. The molecule has 1 fully saturated rings. The van der Waals surface area contributed by atoms with Crippen LogP contribution in [0.5, 0.6) is 5.75 Å². The maximum atomic E-state index is 12.6. The number of likely N-dealkylation sites (tertiary alicyclic amines) is 1. The molecule has 33 heavy (non-hydrogen) atoms. The molecular formula is C27H33N3O3. The Hall–Kier alpha value is -3.15. The van der Waals surface area contributed by atoms with Crippen LogP contribution in [0.15, 0.2) is 59.0 Å². The van der Waals surface area contributed by atoms with E-state index in [0.717, 1.165) is 62.9 Å². The maximum Gasteiger partial charge on any atom is 0.223 e. The third-order valence-corrected chi connectivity index (χ3v) is 6.19. The fourth-order valence-corrected chi connectivity index (χ4v) is 4.20. The van der Waals surface area contributed by atoms with Gasteiger partial charge >= 0.3 is 0 Å². The first-order valence-corrected chi connectivity index (χ1v) is 12.0. The largest absolute Gasteiger partial charge is 0.490 e. The molecule has 1 saturated heterocycles. The van der Waals surface area contributed by atoms with Crippen LogP contribution >= 0.6 is 0 Å². The van der Waals surface area contributed by atoms with Crippen molar-refractivity contribution in [2.24, 2.45) is 0 Å². The van der Waals surface area contributed by atoms with Crippen LogP contribution < -0.4 is 4.74 Å². The fourth-order valence-electron chi connectivity index (χ4n) is 4.20. The zero-order chi connectivity index (χ0) is 22.9. The number of ether oxygens (including phenoxy) is 1. The Kier molecular flexibility index (Phi) is 8.12. The van der Waals surface area contributed by atoms with E-state index in [9.17, 15) is 4.79 Å². The van der Waals surface area contributed by atoms with Crippen molar-refractivity contribution in [3.8, 4) is 5.75 Å². The summed E-state index contributed by atoms with van der Waals surface area (Å²) in [4.78, 5) is 14.6. The first kappa shape index (κ1) is 23.0. The van der Waals surface area contributed by atoms with E-state index in [1.165, 1.54) is 5.56 Å². The average molecular weight is 448 g/mol.